The molecule has 182 valence electrons. The SMILES string of the molecule is CCc1ccc(CNC(=O)C2CCN(S(=O)(=O)c3ccc4c(c3)nnn4[C@@H](C)CC)CC2)cc1. The molecule has 2 aromatic carbocycles. The third-order valence-electron chi connectivity index (χ3n) is 6.81. The average Bonchev–Trinajstić information content (AvgIpc) is 3.30. The van der Waals surface area contributed by atoms with Gasteiger partial charge in [0.15, 0.2) is 0 Å². The Morgan fingerprint density at radius 2 is 1.76 bits per heavy atom. The van der Waals surface area contributed by atoms with Gasteiger partial charge in [-0.05, 0) is 61.9 Å². The monoisotopic (exact) mass is 483 g/mol. The summed E-state index contributed by atoms with van der Waals surface area (Å²) >= 11 is 0. The van der Waals surface area contributed by atoms with E-state index in [0.29, 0.717) is 38.0 Å². The van der Waals surface area contributed by atoms with Crippen molar-refractivity contribution in [3.8, 4) is 0 Å². The van der Waals surface area contributed by atoms with Crippen LogP contribution in [0.2, 0.25) is 0 Å². The van der Waals surface area contributed by atoms with E-state index in [4.69, 9.17) is 0 Å². The minimum absolute atomic E-state index is 0.0142. The smallest absolute Gasteiger partial charge is 0.243 e. The largest absolute Gasteiger partial charge is 0.352 e. The van der Waals surface area contributed by atoms with E-state index in [-0.39, 0.29) is 22.8 Å². The highest BCUT2D eigenvalue weighted by atomic mass is 32.2. The molecule has 1 aromatic heterocycles. The van der Waals surface area contributed by atoms with Crippen molar-refractivity contribution in [3.05, 3.63) is 53.6 Å². The van der Waals surface area contributed by atoms with Crippen molar-refractivity contribution in [1.29, 1.82) is 0 Å². The van der Waals surface area contributed by atoms with Gasteiger partial charge in [-0.1, -0.05) is 43.3 Å². The van der Waals surface area contributed by atoms with Crippen molar-refractivity contribution in [2.75, 3.05) is 13.1 Å². The number of piperidine rings is 1. The van der Waals surface area contributed by atoms with Crippen molar-refractivity contribution >= 4 is 27.0 Å². The molecule has 34 heavy (non-hydrogen) atoms. The Hall–Kier alpha value is -2.78. The van der Waals surface area contributed by atoms with E-state index in [1.165, 1.54) is 9.87 Å². The number of carbonyl (C=O) groups excluding carboxylic acids is 1. The lowest BCUT2D eigenvalue weighted by atomic mass is 9.97. The third kappa shape index (κ3) is 5.00. The first-order valence-electron chi connectivity index (χ1n) is 12.0. The summed E-state index contributed by atoms with van der Waals surface area (Å²) in [7, 11) is -3.66. The number of carbonyl (C=O) groups is 1. The van der Waals surface area contributed by atoms with Gasteiger partial charge in [0.2, 0.25) is 15.9 Å². The van der Waals surface area contributed by atoms with Gasteiger partial charge in [0.25, 0.3) is 0 Å². The van der Waals surface area contributed by atoms with E-state index in [1.54, 1.807) is 18.2 Å². The second-order valence-corrected chi connectivity index (χ2v) is 10.9. The zero-order valence-electron chi connectivity index (χ0n) is 20.1. The second kappa shape index (κ2) is 10.2. The summed E-state index contributed by atoms with van der Waals surface area (Å²) < 4.78 is 29.8. The normalized spacial score (nSPS) is 16.6. The minimum atomic E-state index is -3.66. The van der Waals surface area contributed by atoms with Gasteiger partial charge in [-0.3, -0.25) is 4.79 Å². The predicted molar refractivity (Wildman–Crippen MR) is 132 cm³/mol. The van der Waals surface area contributed by atoms with E-state index in [9.17, 15) is 13.2 Å². The minimum Gasteiger partial charge on any atom is -0.352 e. The molecular weight excluding hydrogens is 450 g/mol. The Balaban J connectivity index is 1.36. The molecule has 0 unspecified atom stereocenters. The number of rotatable bonds is 8. The van der Waals surface area contributed by atoms with Crippen LogP contribution < -0.4 is 5.32 Å². The standard InChI is InChI=1S/C25H33N5O3S/c1-4-18(3)30-24-11-10-22(16-23(24)27-28-30)34(32,33)29-14-12-21(13-15-29)25(31)26-17-20-8-6-19(5-2)7-9-20/h6-11,16,18,21H,4-5,12-15,17H2,1-3H3,(H,26,31)/t18-/m0/s1. The summed E-state index contributed by atoms with van der Waals surface area (Å²) in [4.78, 5) is 12.9. The molecule has 2 heterocycles. The van der Waals surface area contributed by atoms with Crippen LogP contribution in [0.4, 0.5) is 0 Å². The molecule has 0 aliphatic carbocycles. The van der Waals surface area contributed by atoms with Gasteiger partial charge in [-0.25, -0.2) is 13.1 Å². The molecule has 1 N–H and O–H groups in total. The van der Waals surface area contributed by atoms with Gasteiger partial charge in [0.05, 0.1) is 16.5 Å². The Bertz CT molecular complexity index is 1250. The van der Waals surface area contributed by atoms with Crippen LogP contribution >= 0.6 is 0 Å². The molecule has 0 spiro atoms. The quantitative estimate of drug-likeness (QED) is 0.527. The summed E-state index contributed by atoms with van der Waals surface area (Å²) in [6.45, 7) is 7.37. The number of nitrogens with one attached hydrogen (secondary N) is 1. The summed E-state index contributed by atoms with van der Waals surface area (Å²) in [6.07, 6.45) is 2.91. The van der Waals surface area contributed by atoms with Crippen molar-refractivity contribution in [2.24, 2.45) is 5.92 Å². The van der Waals surface area contributed by atoms with Crippen LogP contribution in [0.25, 0.3) is 11.0 Å². The van der Waals surface area contributed by atoms with Crippen LogP contribution in [0, 0.1) is 5.92 Å². The van der Waals surface area contributed by atoms with E-state index in [0.717, 1.165) is 23.9 Å². The highest BCUT2D eigenvalue weighted by molar-refractivity contribution is 7.89. The van der Waals surface area contributed by atoms with Gasteiger partial charge >= 0.3 is 0 Å². The molecule has 1 fully saturated rings. The Morgan fingerprint density at radius 3 is 2.41 bits per heavy atom. The molecule has 1 atom stereocenters. The fourth-order valence-corrected chi connectivity index (χ4v) is 5.80. The summed E-state index contributed by atoms with van der Waals surface area (Å²) in [6, 6.07) is 13.4. The van der Waals surface area contributed by atoms with E-state index < -0.39 is 10.0 Å². The number of aryl methyl sites for hydroxylation is 1. The fourth-order valence-electron chi connectivity index (χ4n) is 4.31. The topological polar surface area (TPSA) is 97.2 Å². The Morgan fingerprint density at radius 1 is 1.09 bits per heavy atom. The molecular formula is C25H33N5O3S. The van der Waals surface area contributed by atoms with Crippen molar-refractivity contribution in [3.63, 3.8) is 0 Å². The molecule has 0 saturated carbocycles. The number of nitrogens with zero attached hydrogens (tertiary/aromatic N) is 4. The van der Waals surface area contributed by atoms with Gasteiger partial charge in [0.1, 0.15) is 5.52 Å². The summed E-state index contributed by atoms with van der Waals surface area (Å²) in [5.74, 6) is -0.195. The first-order chi connectivity index (χ1) is 16.3. The van der Waals surface area contributed by atoms with E-state index >= 15 is 0 Å². The molecule has 3 aromatic rings. The van der Waals surface area contributed by atoms with Crippen LogP contribution in [0.15, 0.2) is 47.4 Å². The van der Waals surface area contributed by atoms with Gasteiger partial charge < -0.3 is 5.32 Å². The predicted octanol–water partition coefficient (Wildman–Crippen LogP) is 3.68. The van der Waals surface area contributed by atoms with Crippen LogP contribution in [0.1, 0.15) is 57.2 Å². The lowest BCUT2D eigenvalue weighted by molar-refractivity contribution is -0.126. The molecule has 0 bridgehead atoms. The van der Waals surface area contributed by atoms with Crippen molar-refractivity contribution in [1.82, 2.24) is 24.6 Å². The van der Waals surface area contributed by atoms with Gasteiger partial charge in [0, 0.05) is 25.6 Å². The molecule has 9 heteroatoms. The van der Waals surface area contributed by atoms with E-state index in [1.807, 2.05) is 16.8 Å². The van der Waals surface area contributed by atoms with E-state index in [2.05, 4.69) is 48.5 Å². The van der Waals surface area contributed by atoms with Crippen LogP contribution in [0.5, 0.6) is 0 Å². The lowest BCUT2D eigenvalue weighted by Gasteiger charge is -2.30. The van der Waals surface area contributed by atoms with Crippen LogP contribution in [0.3, 0.4) is 0 Å². The lowest BCUT2D eigenvalue weighted by Crippen LogP contribution is -2.42. The molecule has 1 aliphatic rings. The number of fused-ring (bicyclic) bond motifs is 1. The van der Waals surface area contributed by atoms with Gasteiger partial charge in [-0.2, -0.15) is 4.31 Å². The number of sulfonamides is 1. The number of aromatic nitrogens is 3. The first-order valence-corrected chi connectivity index (χ1v) is 13.5. The fraction of sp³-hybridized carbons (Fsp3) is 0.480. The van der Waals surface area contributed by atoms with Gasteiger partial charge in [-0.15, -0.1) is 5.10 Å². The molecule has 0 radical (unpaired) electrons. The van der Waals surface area contributed by atoms with Crippen LogP contribution in [-0.2, 0) is 27.8 Å². The summed E-state index contributed by atoms with van der Waals surface area (Å²) in [5.41, 5.74) is 3.73. The molecule has 4 rings (SSSR count). The first kappa shape index (κ1) is 24.3. The van der Waals surface area contributed by atoms with Crippen LogP contribution in [-0.4, -0.2) is 46.7 Å². The maximum absolute atomic E-state index is 13.2. The number of hydrogen-bond acceptors (Lipinski definition) is 5. The maximum Gasteiger partial charge on any atom is 0.243 e. The Kier molecular flexibility index (Phi) is 7.33. The zero-order valence-corrected chi connectivity index (χ0v) is 20.9. The molecule has 1 saturated heterocycles. The Labute approximate surface area is 201 Å². The molecule has 8 nitrogen and oxygen atoms in total. The number of benzene rings is 2. The second-order valence-electron chi connectivity index (χ2n) is 9.01. The van der Waals surface area contributed by atoms with Crippen molar-refractivity contribution in [2.45, 2.75) is 63.9 Å². The highest BCUT2D eigenvalue weighted by Gasteiger charge is 2.32. The molecule has 1 amide bonds. The zero-order chi connectivity index (χ0) is 24.3. The number of hydrogen-bond donors (Lipinski definition) is 1. The number of amides is 1. The third-order valence-corrected chi connectivity index (χ3v) is 8.71. The average molecular weight is 484 g/mol. The maximum atomic E-state index is 13.2. The summed E-state index contributed by atoms with van der Waals surface area (Å²) in [5, 5.41) is 11.4. The van der Waals surface area contributed by atoms with Crippen molar-refractivity contribution < 1.29 is 13.2 Å². The molecule has 1 aliphatic heterocycles. The highest BCUT2D eigenvalue weighted by Crippen LogP contribution is 2.27.